The van der Waals surface area contributed by atoms with E-state index in [2.05, 4.69) is 25.8 Å². The number of hydrogen-bond donors (Lipinski definition) is 2. The molecule has 0 saturated carbocycles. The molecule has 0 radical (unpaired) electrons. The molecular weight excluding hydrogens is 417 g/mol. The minimum Gasteiger partial charge on any atom is -0.489 e. The van der Waals surface area contributed by atoms with Crippen molar-refractivity contribution in [3.05, 3.63) is 47.3 Å². The molecule has 0 fully saturated rings. The first kappa shape index (κ1) is 21.3. The standard InChI is InChI=1S/C19H19ClFN5O4/c1-19(2,3)13-8-14(26-30-13)25-18(27)24-10-5-6-12(11(21)7-10)29-17-15(28-4)16(20)22-9-23-17/h5-9H,1-4H3,(H2,24,25,26,27). The number of amides is 2. The van der Waals surface area contributed by atoms with Crippen LogP contribution in [-0.2, 0) is 5.41 Å². The van der Waals surface area contributed by atoms with Gasteiger partial charge in [-0.3, -0.25) is 5.32 Å². The largest absolute Gasteiger partial charge is 0.489 e. The molecule has 2 heterocycles. The molecule has 0 bridgehead atoms. The van der Waals surface area contributed by atoms with Crippen LogP contribution in [0.25, 0.3) is 0 Å². The maximum Gasteiger partial charge on any atom is 0.324 e. The predicted molar refractivity (Wildman–Crippen MR) is 108 cm³/mol. The van der Waals surface area contributed by atoms with Crippen LogP contribution >= 0.6 is 11.6 Å². The predicted octanol–water partition coefficient (Wildman–Crippen LogP) is 5.00. The van der Waals surface area contributed by atoms with E-state index in [9.17, 15) is 9.18 Å². The van der Waals surface area contributed by atoms with E-state index < -0.39 is 11.8 Å². The molecule has 0 aliphatic heterocycles. The van der Waals surface area contributed by atoms with Crippen molar-refractivity contribution in [1.82, 2.24) is 15.1 Å². The Bertz CT molecular complexity index is 1070. The van der Waals surface area contributed by atoms with E-state index in [4.69, 9.17) is 25.6 Å². The van der Waals surface area contributed by atoms with Crippen molar-refractivity contribution in [3.8, 4) is 17.4 Å². The molecule has 2 aromatic heterocycles. The van der Waals surface area contributed by atoms with Gasteiger partial charge in [0.25, 0.3) is 5.88 Å². The van der Waals surface area contributed by atoms with Gasteiger partial charge in [0.15, 0.2) is 22.5 Å². The van der Waals surface area contributed by atoms with Gasteiger partial charge in [0.2, 0.25) is 5.75 Å². The molecule has 0 spiro atoms. The van der Waals surface area contributed by atoms with Crippen LogP contribution in [0.4, 0.5) is 20.7 Å². The van der Waals surface area contributed by atoms with Crippen molar-refractivity contribution >= 4 is 29.1 Å². The lowest BCUT2D eigenvalue weighted by Crippen LogP contribution is -2.19. The summed E-state index contributed by atoms with van der Waals surface area (Å²) in [5, 5.41) is 8.84. The molecule has 1 aromatic carbocycles. The van der Waals surface area contributed by atoms with Crippen LogP contribution in [0.1, 0.15) is 26.5 Å². The molecule has 2 N–H and O–H groups in total. The summed E-state index contributed by atoms with van der Waals surface area (Å²) in [6.45, 7) is 5.86. The zero-order chi connectivity index (χ0) is 21.9. The smallest absolute Gasteiger partial charge is 0.324 e. The van der Waals surface area contributed by atoms with Gasteiger partial charge < -0.3 is 19.3 Å². The average Bonchev–Trinajstić information content (AvgIpc) is 3.13. The summed E-state index contributed by atoms with van der Waals surface area (Å²) >= 11 is 5.89. The number of carbonyl (C=O) groups is 1. The number of benzene rings is 1. The van der Waals surface area contributed by atoms with Crippen molar-refractivity contribution in [2.45, 2.75) is 26.2 Å². The molecule has 0 aliphatic carbocycles. The van der Waals surface area contributed by atoms with Crippen LogP contribution in [-0.4, -0.2) is 28.3 Å². The second-order valence-electron chi connectivity index (χ2n) is 7.16. The zero-order valence-electron chi connectivity index (χ0n) is 16.6. The van der Waals surface area contributed by atoms with Crippen molar-refractivity contribution in [2.75, 3.05) is 17.7 Å². The Morgan fingerprint density at radius 2 is 1.97 bits per heavy atom. The summed E-state index contributed by atoms with van der Waals surface area (Å²) in [7, 11) is 1.36. The fourth-order valence-corrected chi connectivity index (χ4v) is 2.52. The third-order valence-corrected chi connectivity index (χ3v) is 4.09. The van der Waals surface area contributed by atoms with Gasteiger partial charge in [0, 0.05) is 23.2 Å². The number of halogens is 2. The number of aromatic nitrogens is 3. The highest BCUT2D eigenvalue weighted by atomic mass is 35.5. The maximum atomic E-state index is 14.4. The summed E-state index contributed by atoms with van der Waals surface area (Å²) in [5.41, 5.74) is -0.0524. The fraction of sp³-hybridized carbons (Fsp3) is 0.263. The molecule has 0 atom stereocenters. The normalized spacial score (nSPS) is 11.1. The Morgan fingerprint density at radius 1 is 1.20 bits per heavy atom. The Balaban J connectivity index is 1.67. The van der Waals surface area contributed by atoms with Gasteiger partial charge in [0.05, 0.1) is 7.11 Å². The summed E-state index contributed by atoms with van der Waals surface area (Å²) in [6, 6.07) is 4.89. The monoisotopic (exact) mass is 435 g/mol. The van der Waals surface area contributed by atoms with Crippen LogP contribution < -0.4 is 20.1 Å². The number of carbonyl (C=O) groups excluding carboxylic acids is 1. The highest BCUT2D eigenvalue weighted by molar-refractivity contribution is 6.31. The van der Waals surface area contributed by atoms with Crippen LogP contribution in [0.5, 0.6) is 17.4 Å². The lowest BCUT2D eigenvalue weighted by molar-refractivity contribution is 0.262. The van der Waals surface area contributed by atoms with Gasteiger partial charge in [-0.25, -0.2) is 14.2 Å². The van der Waals surface area contributed by atoms with Gasteiger partial charge in [-0.2, -0.15) is 4.98 Å². The number of ether oxygens (including phenoxy) is 2. The summed E-state index contributed by atoms with van der Waals surface area (Å²) in [4.78, 5) is 19.8. The number of methoxy groups -OCH3 is 1. The molecular formula is C19H19ClFN5O4. The van der Waals surface area contributed by atoms with E-state index in [0.717, 1.165) is 12.4 Å². The maximum absolute atomic E-state index is 14.4. The molecule has 0 aliphatic rings. The molecule has 3 rings (SSSR count). The summed E-state index contributed by atoms with van der Waals surface area (Å²) in [6.07, 6.45) is 1.16. The van der Waals surface area contributed by atoms with Gasteiger partial charge in [-0.15, -0.1) is 0 Å². The molecule has 0 saturated heterocycles. The lowest BCUT2D eigenvalue weighted by Gasteiger charge is -2.12. The minimum atomic E-state index is -0.735. The number of rotatable bonds is 5. The zero-order valence-corrected chi connectivity index (χ0v) is 17.4. The van der Waals surface area contributed by atoms with Crippen molar-refractivity contribution in [2.24, 2.45) is 0 Å². The highest BCUT2D eigenvalue weighted by Crippen LogP contribution is 2.35. The molecule has 158 valence electrons. The van der Waals surface area contributed by atoms with E-state index in [1.165, 1.54) is 19.2 Å². The van der Waals surface area contributed by atoms with E-state index in [-0.39, 0.29) is 39.5 Å². The SMILES string of the molecule is COc1c(Cl)ncnc1Oc1ccc(NC(=O)Nc2cc(C(C)(C)C)on2)cc1F. The Labute approximate surface area is 176 Å². The third kappa shape index (κ3) is 4.95. The first-order valence-electron chi connectivity index (χ1n) is 8.74. The van der Waals surface area contributed by atoms with Gasteiger partial charge in [-0.05, 0) is 12.1 Å². The van der Waals surface area contributed by atoms with Gasteiger partial charge in [0.1, 0.15) is 12.1 Å². The van der Waals surface area contributed by atoms with Crippen LogP contribution in [0.15, 0.2) is 35.1 Å². The second-order valence-corrected chi connectivity index (χ2v) is 7.51. The third-order valence-electron chi connectivity index (χ3n) is 3.82. The number of nitrogens with zero attached hydrogens (tertiary/aromatic N) is 3. The first-order valence-corrected chi connectivity index (χ1v) is 9.12. The molecule has 9 nitrogen and oxygen atoms in total. The van der Waals surface area contributed by atoms with Crippen molar-refractivity contribution < 1.29 is 23.2 Å². The summed E-state index contributed by atoms with van der Waals surface area (Å²) < 4.78 is 30.1. The summed E-state index contributed by atoms with van der Waals surface area (Å²) in [5.74, 6) is 0.00972. The topological polar surface area (TPSA) is 111 Å². The van der Waals surface area contributed by atoms with Crippen molar-refractivity contribution in [3.63, 3.8) is 0 Å². The molecule has 0 unspecified atom stereocenters. The number of nitrogens with one attached hydrogen (secondary N) is 2. The van der Waals surface area contributed by atoms with Crippen LogP contribution in [0.3, 0.4) is 0 Å². The first-order chi connectivity index (χ1) is 14.2. The number of urea groups is 1. The lowest BCUT2D eigenvalue weighted by atomic mass is 9.93. The quantitative estimate of drug-likeness (QED) is 0.542. The van der Waals surface area contributed by atoms with E-state index >= 15 is 0 Å². The Kier molecular flexibility index (Phi) is 6.06. The van der Waals surface area contributed by atoms with Gasteiger partial charge >= 0.3 is 6.03 Å². The van der Waals surface area contributed by atoms with E-state index in [1.54, 1.807) is 6.07 Å². The van der Waals surface area contributed by atoms with Gasteiger partial charge in [-0.1, -0.05) is 37.5 Å². The van der Waals surface area contributed by atoms with Crippen LogP contribution in [0, 0.1) is 5.82 Å². The Hall–Kier alpha value is -3.40. The molecule has 2 amide bonds. The van der Waals surface area contributed by atoms with E-state index in [0.29, 0.717) is 5.76 Å². The highest BCUT2D eigenvalue weighted by Gasteiger charge is 2.20. The molecule has 11 heteroatoms. The molecule has 3 aromatic rings. The second kappa shape index (κ2) is 8.54. The fourth-order valence-electron chi connectivity index (χ4n) is 2.31. The van der Waals surface area contributed by atoms with Crippen LogP contribution in [0.2, 0.25) is 5.15 Å². The Morgan fingerprint density at radius 3 is 2.60 bits per heavy atom. The molecule has 30 heavy (non-hydrogen) atoms. The van der Waals surface area contributed by atoms with E-state index in [1.807, 2.05) is 20.8 Å². The van der Waals surface area contributed by atoms with Crippen molar-refractivity contribution in [1.29, 1.82) is 0 Å². The number of hydrogen-bond acceptors (Lipinski definition) is 7. The average molecular weight is 436 g/mol. The number of anilines is 2. The minimum absolute atomic E-state index is 0.0281.